The minimum atomic E-state index is -0.335. The molecule has 3 aromatic rings. The maximum Gasteiger partial charge on any atom is 0.343 e. The van der Waals surface area contributed by atoms with Gasteiger partial charge in [-0.2, -0.15) is 0 Å². The lowest BCUT2D eigenvalue weighted by molar-refractivity contribution is 0.0735. The van der Waals surface area contributed by atoms with Gasteiger partial charge in [0.05, 0.1) is 5.56 Å². The number of aryl methyl sites for hydroxylation is 2. The molecule has 0 N–H and O–H groups in total. The number of ether oxygens (including phenoxy) is 1. The van der Waals surface area contributed by atoms with E-state index in [1.807, 2.05) is 48.5 Å². The molecular weight excluding hydrogens is 308 g/mol. The molecule has 126 valence electrons. The lowest BCUT2D eigenvalue weighted by Gasteiger charge is -2.07. The highest BCUT2D eigenvalue weighted by Crippen LogP contribution is 2.21. The Morgan fingerprint density at radius 3 is 1.92 bits per heavy atom. The van der Waals surface area contributed by atoms with E-state index >= 15 is 0 Å². The maximum absolute atomic E-state index is 12.3. The number of rotatable bonds is 5. The van der Waals surface area contributed by atoms with Gasteiger partial charge in [-0.05, 0) is 54.3 Å². The number of hydrogen-bond acceptors (Lipinski definition) is 2. The molecule has 0 amide bonds. The number of carbonyl (C=O) groups excluding carboxylic acids is 1. The van der Waals surface area contributed by atoms with Crippen LogP contribution in [0.25, 0.3) is 11.1 Å². The van der Waals surface area contributed by atoms with Crippen LogP contribution in [0.3, 0.4) is 0 Å². The molecule has 0 saturated heterocycles. The van der Waals surface area contributed by atoms with Crippen LogP contribution in [-0.4, -0.2) is 5.97 Å². The van der Waals surface area contributed by atoms with Gasteiger partial charge >= 0.3 is 5.97 Å². The van der Waals surface area contributed by atoms with Crippen LogP contribution in [0.5, 0.6) is 5.75 Å². The van der Waals surface area contributed by atoms with E-state index in [4.69, 9.17) is 4.74 Å². The molecule has 0 aliphatic heterocycles. The molecule has 3 rings (SSSR count). The summed E-state index contributed by atoms with van der Waals surface area (Å²) in [6, 6.07) is 23.6. The number of carbonyl (C=O) groups is 1. The summed E-state index contributed by atoms with van der Waals surface area (Å²) in [5.74, 6) is 0.242. The topological polar surface area (TPSA) is 26.3 Å². The number of esters is 1. The molecular formula is C23H22O2. The number of hydrogen-bond donors (Lipinski definition) is 0. The van der Waals surface area contributed by atoms with Gasteiger partial charge in [-0.15, -0.1) is 0 Å². The summed E-state index contributed by atoms with van der Waals surface area (Å²) in [4.78, 5) is 12.3. The lowest BCUT2D eigenvalue weighted by atomic mass is 10.0. The van der Waals surface area contributed by atoms with Gasteiger partial charge in [0, 0.05) is 0 Å². The molecule has 0 spiro atoms. The normalized spacial score (nSPS) is 10.5. The third-order valence-corrected chi connectivity index (χ3v) is 4.18. The van der Waals surface area contributed by atoms with Crippen molar-refractivity contribution in [1.82, 2.24) is 0 Å². The summed E-state index contributed by atoms with van der Waals surface area (Å²) in [6.07, 6.45) is 2.14. The molecule has 0 bridgehead atoms. The molecule has 0 heterocycles. The van der Waals surface area contributed by atoms with Crippen LogP contribution in [0, 0.1) is 6.92 Å². The summed E-state index contributed by atoms with van der Waals surface area (Å²) in [6.45, 7) is 4.21. The fourth-order valence-corrected chi connectivity index (χ4v) is 2.72. The Labute approximate surface area is 149 Å². The fraction of sp³-hybridized carbons (Fsp3) is 0.174. The SMILES string of the molecule is CCCc1ccc(OC(=O)c2ccc(-c3ccc(C)cc3)cc2)cc1. The predicted molar refractivity (Wildman–Crippen MR) is 102 cm³/mol. The highest BCUT2D eigenvalue weighted by Gasteiger charge is 2.09. The Balaban J connectivity index is 1.69. The minimum absolute atomic E-state index is 0.335. The largest absolute Gasteiger partial charge is 0.423 e. The second-order valence-electron chi connectivity index (χ2n) is 6.23. The quantitative estimate of drug-likeness (QED) is 0.434. The van der Waals surface area contributed by atoms with E-state index in [1.165, 1.54) is 11.1 Å². The van der Waals surface area contributed by atoms with E-state index in [9.17, 15) is 4.79 Å². The van der Waals surface area contributed by atoms with Gasteiger partial charge in [0.2, 0.25) is 0 Å². The molecule has 0 fully saturated rings. The first-order chi connectivity index (χ1) is 12.2. The van der Waals surface area contributed by atoms with Gasteiger partial charge in [-0.25, -0.2) is 4.79 Å². The Bertz CT molecular complexity index is 829. The molecule has 0 aliphatic rings. The van der Waals surface area contributed by atoms with Gasteiger partial charge in [-0.1, -0.05) is 67.4 Å². The Kier molecular flexibility index (Phi) is 5.30. The van der Waals surface area contributed by atoms with Crippen LogP contribution in [0.1, 0.15) is 34.8 Å². The van der Waals surface area contributed by atoms with Crippen molar-refractivity contribution in [1.29, 1.82) is 0 Å². The zero-order valence-electron chi connectivity index (χ0n) is 14.7. The third-order valence-electron chi connectivity index (χ3n) is 4.18. The highest BCUT2D eigenvalue weighted by atomic mass is 16.5. The number of benzene rings is 3. The van der Waals surface area contributed by atoms with E-state index in [2.05, 4.69) is 38.1 Å². The zero-order chi connectivity index (χ0) is 17.6. The Morgan fingerprint density at radius 2 is 1.36 bits per heavy atom. The van der Waals surface area contributed by atoms with Gasteiger partial charge in [0.25, 0.3) is 0 Å². The third kappa shape index (κ3) is 4.36. The van der Waals surface area contributed by atoms with Crippen molar-refractivity contribution in [2.75, 3.05) is 0 Å². The molecule has 0 radical (unpaired) electrons. The monoisotopic (exact) mass is 330 g/mol. The Hall–Kier alpha value is -2.87. The van der Waals surface area contributed by atoms with Crippen LogP contribution in [0.15, 0.2) is 72.8 Å². The zero-order valence-corrected chi connectivity index (χ0v) is 14.7. The van der Waals surface area contributed by atoms with Crippen molar-refractivity contribution in [3.05, 3.63) is 89.5 Å². The van der Waals surface area contributed by atoms with Gasteiger partial charge in [-0.3, -0.25) is 0 Å². The van der Waals surface area contributed by atoms with Gasteiger partial charge < -0.3 is 4.74 Å². The lowest BCUT2D eigenvalue weighted by Crippen LogP contribution is -2.08. The van der Waals surface area contributed by atoms with Crippen LogP contribution in [0.4, 0.5) is 0 Å². The van der Waals surface area contributed by atoms with Crippen molar-refractivity contribution in [2.45, 2.75) is 26.7 Å². The van der Waals surface area contributed by atoms with Gasteiger partial charge in [0.15, 0.2) is 0 Å². The van der Waals surface area contributed by atoms with Gasteiger partial charge in [0.1, 0.15) is 5.75 Å². The van der Waals surface area contributed by atoms with E-state index in [0.717, 1.165) is 24.0 Å². The molecule has 0 atom stereocenters. The van der Waals surface area contributed by atoms with Crippen LogP contribution in [-0.2, 0) is 6.42 Å². The average molecular weight is 330 g/mol. The standard InChI is InChI=1S/C23H22O2/c1-3-4-18-7-15-22(16-8-18)25-23(24)21-13-11-20(12-14-21)19-9-5-17(2)6-10-19/h5-16H,3-4H2,1-2H3. The fourth-order valence-electron chi connectivity index (χ4n) is 2.72. The second-order valence-corrected chi connectivity index (χ2v) is 6.23. The van der Waals surface area contributed by atoms with E-state index in [1.54, 1.807) is 0 Å². The molecule has 0 saturated carbocycles. The predicted octanol–water partition coefficient (Wildman–Crippen LogP) is 5.83. The first-order valence-electron chi connectivity index (χ1n) is 8.64. The van der Waals surface area contributed by atoms with Crippen molar-refractivity contribution in [2.24, 2.45) is 0 Å². The summed E-state index contributed by atoms with van der Waals surface area (Å²) < 4.78 is 5.46. The van der Waals surface area contributed by atoms with Crippen molar-refractivity contribution < 1.29 is 9.53 Å². The maximum atomic E-state index is 12.3. The summed E-state index contributed by atoms with van der Waals surface area (Å²) in [7, 11) is 0. The van der Waals surface area contributed by atoms with Crippen molar-refractivity contribution in [3.63, 3.8) is 0 Å². The van der Waals surface area contributed by atoms with E-state index < -0.39 is 0 Å². The van der Waals surface area contributed by atoms with Crippen molar-refractivity contribution >= 4 is 5.97 Å². The molecule has 2 nitrogen and oxygen atoms in total. The summed E-state index contributed by atoms with van der Waals surface area (Å²) in [5.41, 5.74) is 5.25. The van der Waals surface area contributed by atoms with Crippen LogP contribution < -0.4 is 4.74 Å². The molecule has 0 unspecified atom stereocenters. The first-order valence-corrected chi connectivity index (χ1v) is 8.64. The smallest absolute Gasteiger partial charge is 0.343 e. The second kappa shape index (κ2) is 7.80. The van der Waals surface area contributed by atoms with E-state index in [0.29, 0.717) is 11.3 Å². The molecule has 3 aromatic carbocycles. The molecule has 2 heteroatoms. The van der Waals surface area contributed by atoms with Crippen LogP contribution in [0.2, 0.25) is 0 Å². The van der Waals surface area contributed by atoms with Crippen molar-refractivity contribution in [3.8, 4) is 16.9 Å². The highest BCUT2D eigenvalue weighted by molar-refractivity contribution is 5.91. The van der Waals surface area contributed by atoms with Crippen LogP contribution >= 0.6 is 0 Å². The Morgan fingerprint density at radius 1 is 0.800 bits per heavy atom. The first kappa shape index (κ1) is 17.0. The molecule has 0 aliphatic carbocycles. The molecule has 0 aromatic heterocycles. The molecule has 25 heavy (non-hydrogen) atoms. The average Bonchev–Trinajstić information content (AvgIpc) is 2.64. The summed E-state index contributed by atoms with van der Waals surface area (Å²) in [5, 5.41) is 0. The summed E-state index contributed by atoms with van der Waals surface area (Å²) >= 11 is 0. The van der Waals surface area contributed by atoms with E-state index in [-0.39, 0.29) is 5.97 Å². The minimum Gasteiger partial charge on any atom is -0.423 e.